The van der Waals surface area contributed by atoms with Crippen LogP contribution in [0.3, 0.4) is 0 Å². The Balaban J connectivity index is 0.000000671. The highest BCUT2D eigenvalue weighted by Gasteiger charge is 1.99. The summed E-state index contributed by atoms with van der Waals surface area (Å²) in [4.78, 5) is 8.11. The number of hydrogen-bond donors (Lipinski definition) is 0. The molecule has 2 nitrogen and oxygen atoms in total. The van der Waals surface area contributed by atoms with E-state index in [2.05, 4.69) is 16.6 Å². The van der Waals surface area contributed by atoms with Crippen LogP contribution in [-0.4, -0.2) is 11.9 Å². The summed E-state index contributed by atoms with van der Waals surface area (Å²) in [6.45, 7) is 9.65. The van der Waals surface area contributed by atoms with Gasteiger partial charge in [0.05, 0.1) is 11.4 Å². The predicted molar refractivity (Wildman–Crippen MR) is 60.4 cm³/mol. The van der Waals surface area contributed by atoms with Crippen LogP contribution < -0.4 is 0 Å². The van der Waals surface area contributed by atoms with Crippen LogP contribution in [0.2, 0.25) is 0 Å². The minimum absolute atomic E-state index is 0.714. The van der Waals surface area contributed by atoms with Gasteiger partial charge in [-0.3, -0.25) is 9.98 Å². The summed E-state index contributed by atoms with van der Waals surface area (Å²) in [7, 11) is 0. The Hall–Kier alpha value is -1.44. The molecular weight excluding hydrogens is 160 g/mol. The van der Waals surface area contributed by atoms with Crippen molar-refractivity contribution >= 4 is 11.9 Å². The number of aliphatic imine (C=N–C) groups is 2. The van der Waals surface area contributed by atoms with Crippen molar-refractivity contribution in [3.8, 4) is 0 Å². The Morgan fingerprint density at radius 3 is 2.69 bits per heavy atom. The molecule has 0 aromatic rings. The first-order valence-electron chi connectivity index (χ1n) is 4.43. The van der Waals surface area contributed by atoms with Gasteiger partial charge in [0.25, 0.3) is 0 Å². The molecule has 70 valence electrons. The molecule has 0 saturated carbocycles. The molecule has 0 spiro atoms. The van der Waals surface area contributed by atoms with Crippen molar-refractivity contribution in [2.45, 2.75) is 20.8 Å². The topological polar surface area (TPSA) is 24.7 Å². The van der Waals surface area contributed by atoms with Crippen LogP contribution >= 0.6 is 0 Å². The molecule has 0 unspecified atom stereocenters. The van der Waals surface area contributed by atoms with Crippen LogP contribution in [0.15, 0.2) is 46.7 Å². The van der Waals surface area contributed by atoms with Crippen LogP contribution in [0.1, 0.15) is 20.8 Å². The van der Waals surface area contributed by atoms with Gasteiger partial charge in [-0.1, -0.05) is 26.5 Å². The monoisotopic (exact) mass is 176 g/mol. The van der Waals surface area contributed by atoms with Crippen LogP contribution in [0, 0.1) is 0 Å². The number of rotatable bonds is 1. The van der Waals surface area contributed by atoms with Gasteiger partial charge in [0.1, 0.15) is 0 Å². The molecule has 0 atom stereocenters. The third-order valence-corrected chi connectivity index (χ3v) is 1.23. The minimum atomic E-state index is 0.714. The van der Waals surface area contributed by atoms with Gasteiger partial charge < -0.3 is 0 Å². The second-order valence-electron chi connectivity index (χ2n) is 2.08. The molecule has 2 heteroatoms. The molecule has 0 aliphatic carbocycles. The Kier molecular flexibility index (Phi) is 6.42. The summed E-state index contributed by atoms with van der Waals surface area (Å²) in [5, 5.41) is 0. The Morgan fingerprint density at radius 1 is 1.46 bits per heavy atom. The molecule has 0 N–H and O–H groups in total. The zero-order valence-corrected chi connectivity index (χ0v) is 8.49. The maximum atomic E-state index is 4.12. The van der Waals surface area contributed by atoms with Gasteiger partial charge in [0.15, 0.2) is 0 Å². The fraction of sp³-hybridized carbons (Fsp3) is 0.273. The summed E-state index contributed by atoms with van der Waals surface area (Å²) in [5.74, 6) is 0. The summed E-state index contributed by atoms with van der Waals surface area (Å²) < 4.78 is 0. The maximum absolute atomic E-state index is 4.12. The van der Waals surface area contributed by atoms with Gasteiger partial charge in [-0.25, -0.2) is 0 Å². The molecule has 1 heterocycles. The Bertz CT molecular complexity index is 268. The van der Waals surface area contributed by atoms with Crippen molar-refractivity contribution in [3.63, 3.8) is 0 Å². The van der Waals surface area contributed by atoms with Gasteiger partial charge in [-0.15, -0.1) is 0 Å². The predicted octanol–water partition coefficient (Wildman–Crippen LogP) is 3.14. The molecule has 1 aliphatic heterocycles. The quantitative estimate of drug-likeness (QED) is 0.586. The van der Waals surface area contributed by atoms with Crippen LogP contribution in [0.25, 0.3) is 0 Å². The number of dihydropyridines is 1. The molecule has 0 bridgehead atoms. The molecule has 0 aromatic heterocycles. The third kappa shape index (κ3) is 4.21. The van der Waals surface area contributed by atoms with Crippen molar-refractivity contribution in [2.75, 3.05) is 0 Å². The molecule has 0 saturated heterocycles. The zero-order valence-electron chi connectivity index (χ0n) is 8.49. The SMILES string of the molecule is C=C1N=CC=CC1=N/C=C\C.CC. The molecule has 0 amide bonds. The first-order valence-corrected chi connectivity index (χ1v) is 4.43. The molecule has 0 aromatic carbocycles. The van der Waals surface area contributed by atoms with E-state index in [0.717, 1.165) is 5.71 Å². The summed E-state index contributed by atoms with van der Waals surface area (Å²) >= 11 is 0. The summed E-state index contributed by atoms with van der Waals surface area (Å²) in [6.07, 6.45) is 9.03. The zero-order chi connectivity index (χ0) is 10.1. The van der Waals surface area contributed by atoms with E-state index >= 15 is 0 Å². The van der Waals surface area contributed by atoms with Gasteiger partial charge >= 0.3 is 0 Å². The fourth-order valence-electron chi connectivity index (χ4n) is 0.702. The molecule has 0 radical (unpaired) electrons. The largest absolute Gasteiger partial charge is 0.255 e. The summed E-state index contributed by atoms with van der Waals surface area (Å²) in [5.41, 5.74) is 1.54. The fourth-order valence-corrected chi connectivity index (χ4v) is 0.702. The van der Waals surface area contributed by atoms with E-state index in [1.807, 2.05) is 39.0 Å². The van der Waals surface area contributed by atoms with E-state index in [-0.39, 0.29) is 0 Å². The van der Waals surface area contributed by atoms with Crippen LogP contribution in [0.4, 0.5) is 0 Å². The van der Waals surface area contributed by atoms with Crippen LogP contribution in [0.5, 0.6) is 0 Å². The van der Waals surface area contributed by atoms with E-state index < -0.39 is 0 Å². The maximum Gasteiger partial charge on any atom is 0.0880 e. The number of allylic oxidation sites excluding steroid dienone is 3. The van der Waals surface area contributed by atoms with E-state index in [4.69, 9.17) is 0 Å². The van der Waals surface area contributed by atoms with Crippen molar-refractivity contribution < 1.29 is 0 Å². The molecule has 13 heavy (non-hydrogen) atoms. The Morgan fingerprint density at radius 2 is 2.15 bits per heavy atom. The highest BCUT2D eigenvalue weighted by atomic mass is 14.8. The second-order valence-corrected chi connectivity index (χ2v) is 2.08. The standard InChI is InChI=1S/C9H10N2.C2H6/c1-3-6-11-9-5-4-7-10-8(9)2;1-2/h3-7H,2H2,1H3;1-2H3/b6-3-,11-9?;. The van der Waals surface area contributed by atoms with E-state index in [0.29, 0.717) is 5.70 Å². The number of nitrogens with zero attached hydrogens (tertiary/aromatic N) is 2. The van der Waals surface area contributed by atoms with Gasteiger partial charge in [0.2, 0.25) is 0 Å². The minimum Gasteiger partial charge on any atom is -0.255 e. The lowest BCUT2D eigenvalue weighted by molar-refractivity contribution is 1.43. The van der Waals surface area contributed by atoms with Gasteiger partial charge in [-0.05, 0) is 19.1 Å². The molecule has 1 rings (SSSR count). The lowest BCUT2D eigenvalue weighted by atomic mass is 10.2. The van der Waals surface area contributed by atoms with Gasteiger partial charge in [-0.2, -0.15) is 0 Å². The van der Waals surface area contributed by atoms with Crippen molar-refractivity contribution in [1.82, 2.24) is 0 Å². The van der Waals surface area contributed by atoms with Crippen LogP contribution in [-0.2, 0) is 0 Å². The first kappa shape index (κ1) is 11.6. The smallest absolute Gasteiger partial charge is 0.0880 e. The first-order chi connectivity index (χ1) is 6.34. The van der Waals surface area contributed by atoms with E-state index in [1.54, 1.807) is 12.4 Å². The van der Waals surface area contributed by atoms with Crippen molar-refractivity contribution in [1.29, 1.82) is 0 Å². The Labute approximate surface area is 80.1 Å². The molecule has 0 fully saturated rings. The molecule has 1 aliphatic rings. The average Bonchev–Trinajstić information content (AvgIpc) is 2.20. The van der Waals surface area contributed by atoms with E-state index in [1.165, 1.54) is 0 Å². The van der Waals surface area contributed by atoms with Crippen molar-refractivity contribution in [2.24, 2.45) is 9.98 Å². The lowest BCUT2D eigenvalue weighted by Gasteiger charge is -2.00. The van der Waals surface area contributed by atoms with Gasteiger partial charge in [0, 0.05) is 12.4 Å². The number of hydrogen-bond acceptors (Lipinski definition) is 2. The highest BCUT2D eigenvalue weighted by molar-refractivity contribution is 6.12. The average molecular weight is 176 g/mol. The second kappa shape index (κ2) is 7.22. The van der Waals surface area contributed by atoms with Crippen molar-refractivity contribution in [3.05, 3.63) is 36.7 Å². The van der Waals surface area contributed by atoms with E-state index in [9.17, 15) is 0 Å². The molecular formula is C11H16N2. The highest BCUT2D eigenvalue weighted by Crippen LogP contribution is 2.02. The normalized spacial score (nSPS) is 17.8. The summed E-state index contributed by atoms with van der Waals surface area (Å²) in [6, 6.07) is 0. The lowest BCUT2D eigenvalue weighted by Crippen LogP contribution is -1.98. The third-order valence-electron chi connectivity index (χ3n) is 1.23.